The molecule has 3 nitrogen and oxygen atoms in total. The van der Waals surface area contributed by atoms with Crippen molar-refractivity contribution in [3.8, 4) is 0 Å². The number of halogens is 1. The van der Waals surface area contributed by atoms with Gasteiger partial charge in [0.2, 0.25) is 5.91 Å². The molecule has 3 rings (SSSR count). The first-order valence-corrected chi connectivity index (χ1v) is 7.70. The maximum atomic E-state index is 13.1. The number of amides is 1. The van der Waals surface area contributed by atoms with Crippen molar-refractivity contribution in [3.63, 3.8) is 0 Å². The lowest BCUT2D eigenvalue weighted by atomic mass is 9.64. The quantitative estimate of drug-likeness (QED) is 0.865. The van der Waals surface area contributed by atoms with Crippen LogP contribution in [0.15, 0.2) is 48.5 Å². The van der Waals surface area contributed by atoms with Crippen LogP contribution in [0, 0.1) is 5.82 Å². The molecule has 1 amide bonds. The molecular weight excluding hydrogens is 293 g/mol. The summed E-state index contributed by atoms with van der Waals surface area (Å²) < 4.78 is 13.1. The number of carbonyl (C=O) groups excluding carboxylic acids is 2. The van der Waals surface area contributed by atoms with E-state index < -0.39 is 5.41 Å². The lowest BCUT2D eigenvalue weighted by Crippen LogP contribution is -2.46. The van der Waals surface area contributed by atoms with Gasteiger partial charge in [-0.25, -0.2) is 4.39 Å². The molecule has 118 valence electrons. The highest BCUT2D eigenvalue weighted by Crippen LogP contribution is 2.44. The van der Waals surface area contributed by atoms with Gasteiger partial charge < -0.3 is 5.32 Å². The molecule has 0 radical (unpaired) electrons. The van der Waals surface area contributed by atoms with Gasteiger partial charge in [0, 0.05) is 11.3 Å². The van der Waals surface area contributed by atoms with E-state index in [1.54, 1.807) is 36.4 Å². The van der Waals surface area contributed by atoms with Crippen LogP contribution in [-0.2, 0) is 10.2 Å². The van der Waals surface area contributed by atoms with Crippen LogP contribution in [0.3, 0.4) is 0 Å². The summed E-state index contributed by atoms with van der Waals surface area (Å²) in [5.41, 5.74) is 1.55. The lowest BCUT2D eigenvalue weighted by Gasteiger charge is -2.40. The van der Waals surface area contributed by atoms with Crippen molar-refractivity contribution in [3.05, 3.63) is 65.5 Å². The van der Waals surface area contributed by atoms with Gasteiger partial charge in [0.15, 0.2) is 5.78 Å². The minimum atomic E-state index is -0.576. The van der Waals surface area contributed by atoms with Crippen molar-refractivity contribution in [2.24, 2.45) is 0 Å². The average Bonchev–Trinajstić information content (AvgIpc) is 2.48. The number of ketones is 1. The molecule has 0 atom stereocenters. The molecule has 4 heteroatoms. The van der Waals surface area contributed by atoms with Crippen molar-refractivity contribution in [1.82, 2.24) is 0 Å². The van der Waals surface area contributed by atoms with E-state index in [4.69, 9.17) is 0 Å². The van der Waals surface area contributed by atoms with Crippen molar-refractivity contribution < 1.29 is 14.0 Å². The van der Waals surface area contributed by atoms with E-state index in [1.165, 1.54) is 19.1 Å². The molecule has 0 bridgehead atoms. The highest BCUT2D eigenvalue weighted by atomic mass is 19.1. The summed E-state index contributed by atoms with van der Waals surface area (Å²) in [6.45, 7) is 1.51. The largest absolute Gasteiger partial charge is 0.325 e. The number of hydrogen-bond donors (Lipinski definition) is 1. The molecule has 1 aliphatic carbocycles. The van der Waals surface area contributed by atoms with Crippen LogP contribution >= 0.6 is 0 Å². The molecule has 0 spiro atoms. The van der Waals surface area contributed by atoms with Gasteiger partial charge >= 0.3 is 0 Å². The number of nitrogens with one attached hydrogen (secondary N) is 1. The third kappa shape index (κ3) is 2.89. The van der Waals surface area contributed by atoms with Crippen LogP contribution in [-0.4, -0.2) is 11.7 Å². The summed E-state index contributed by atoms with van der Waals surface area (Å²) in [6, 6.07) is 13.0. The summed E-state index contributed by atoms with van der Waals surface area (Å²) in [5, 5.41) is 2.92. The SMILES string of the molecule is CC(=O)c1ccc(NC(=O)C2(c3ccc(F)cc3)CCC2)cc1. The predicted molar refractivity (Wildman–Crippen MR) is 87.0 cm³/mol. The van der Waals surface area contributed by atoms with Gasteiger partial charge in [-0.1, -0.05) is 18.6 Å². The molecular formula is C19H18FNO2. The van der Waals surface area contributed by atoms with E-state index in [-0.39, 0.29) is 17.5 Å². The third-order valence-electron chi connectivity index (χ3n) is 4.59. The van der Waals surface area contributed by atoms with Crippen molar-refractivity contribution in [2.45, 2.75) is 31.6 Å². The normalized spacial score (nSPS) is 15.6. The Balaban J connectivity index is 1.80. The van der Waals surface area contributed by atoms with E-state index in [2.05, 4.69) is 5.32 Å². The maximum absolute atomic E-state index is 13.1. The van der Waals surface area contributed by atoms with Crippen LogP contribution in [0.25, 0.3) is 0 Å². The summed E-state index contributed by atoms with van der Waals surface area (Å²) in [7, 11) is 0. The van der Waals surface area contributed by atoms with E-state index in [1.807, 2.05) is 0 Å². The molecule has 1 aliphatic rings. The number of benzene rings is 2. The first kappa shape index (κ1) is 15.4. The minimum Gasteiger partial charge on any atom is -0.325 e. The second-order valence-electron chi connectivity index (χ2n) is 6.03. The number of carbonyl (C=O) groups is 2. The van der Waals surface area contributed by atoms with Gasteiger partial charge in [-0.05, 0) is 61.7 Å². The second kappa shape index (κ2) is 5.95. The Morgan fingerprint density at radius 3 is 2.09 bits per heavy atom. The Morgan fingerprint density at radius 2 is 1.61 bits per heavy atom. The van der Waals surface area contributed by atoms with Gasteiger partial charge in [-0.2, -0.15) is 0 Å². The summed E-state index contributed by atoms with van der Waals surface area (Å²) >= 11 is 0. The number of anilines is 1. The third-order valence-corrected chi connectivity index (χ3v) is 4.59. The smallest absolute Gasteiger partial charge is 0.235 e. The number of hydrogen-bond acceptors (Lipinski definition) is 2. The predicted octanol–water partition coefficient (Wildman–Crippen LogP) is 4.09. The fraction of sp³-hybridized carbons (Fsp3) is 0.263. The summed E-state index contributed by atoms with van der Waals surface area (Å²) in [4.78, 5) is 24.0. The van der Waals surface area contributed by atoms with Gasteiger partial charge in [0.25, 0.3) is 0 Å². The zero-order valence-corrected chi connectivity index (χ0v) is 12.9. The molecule has 0 aliphatic heterocycles. The average molecular weight is 311 g/mol. The van der Waals surface area contributed by atoms with Gasteiger partial charge in [0.05, 0.1) is 5.41 Å². The fourth-order valence-electron chi connectivity index (χ4n) is 2.99. The van der Waals surface area contributed by atoms with Crippen LogP contribution in [0.1, 0.15) is 42.1 Å². The monoisotopic (exact) mass is 311 g/mol. The molecule has 23 heavy (non-hydrogen) atoms. The van der Waals surface area contributed by atoms with Gasteiger partial charge in [0.1, 0.15) is 5.82 Å². The maximum Gasteiger partial charge on any atom is 0.235 e. The molecule has 1 saturated carbocycles. The molecule has 0 aromatic heterocycles. The van der Waals surface area contributed by atoms with Crippen LogP contribution in [0.5, 0.6) is 0 Å². The zero-order chi connectivity index (χ0) is 16.4. The van der Waals surface area contributed by atoms with E-state index in [0.717, 1.165) is 24.8 Å². The fourth-order valence-corrected chi connectivity index (χ4v) is 2.99. The van der Waals surface area contributed by atoms with Crippen molar-refractivity contribution >= 4 is 17.4 Å². The summed E-state index contributed by atoms with van der Waals surface area (Å²) in [5.74, 6) is -0.390. The highest BCUT2D eigenvalue weighted by Gasteiger charge is 2.45. The Hall–Kier alpha value is -2.49. The Morgan fingerprint density at radius 1 is 1.00 bits per heavy atom. The highest BCUT2D eigenvalue weighted by molar-refractivity contribution is 6.00. The van der Waals surface area contributed by atoms with E-state index >= 15 is 0 Å². The molecule has 0 unspecified atom stereocenters. The summed E-state index contributed by atoms with van der Waals surface area (Å²) in [6.07, 6.45) is 2.50. The lowest BCUT2D eigenvalue weighted by molar-refractivity contribution is -0.124. The molecule has 0 heterocycles. The number of Topliss-reactive ketones (excluding diaryl/α,β-unsaturated/α-hetero) is 1. The Labute approximate surface area is 134 Å². The second-order valence-corrected chi connectivity index (χ2v) is 6.03. The topological polar surface area (TPSA) is 46.2 Å². The Bertz CT molecular complexity index is 731. The standard InChI is InChI=1S/C19H18FNO2/c1-13(22)14-3-9-17(10-4-14)21-18(23)19(11-2-12-19)15-5-7-16(20)8-6-15/h3-10H,2,11-12H2,1H3,(H,21,23). The van der Waals surface area contributed by atoms with Gasteiger partial charge in [-0.15, -0.1) is 0 Å². The Kier molecular flexibility index (Phi) is 3.99. The minimum absolute atomic E-state index is 0.00958. The molecule has 2 aromatic carbocycles. The van der Waals surface area contributed by atoms with E-state index in [9.17, 15) is 14.0 Å². The molecule has 2 aromatic rings. The van der Waals surface area contributed by atoms with Crippen LogP contribution < -0.4 is 5.32 Å². The zero-order valence-electron chi connectivity index (χ0n) is 12.9. The first-order valence-electron chi connectivity index (χ1n) is 7.70. The molecule has 0 saturated heterocycles. The first-order chi connectivity index (χ1) is 11.0. The van der Waals surface area contributed by atoms with E-state index in [0.29, 0.717) is 11.3 Å². The van der Waals surface area contributed by atoms with Gasteiger partial charge in [-0.3, -0.25) is 9.59 Å². The molecule has 1 N–H and O–H groups in total. The van der Waals surface area contributed by atoms with Crippen LogP contribution in [0.2, 0.25) is 0 Å². The molecule has 1 fully saturated rings. The number of rotatable bonds is 4. The van der Waals surface area contributed by atoms with Crippen molar-refractivity contribution in [2.75, 3.05) is 5.32 Å². The van der Waals surface area contributed by atoms with Crippen LogP contribution in [0.4, 0.5) is 10.1 Å². The van der Waals surface area contributed by atoms with Crippen molar-refractivity contribution in [1.29, 1.82) is 0 Å².